The predicted octanol–water partition coefficient (Wildman–Crippen LogP) is 7.80. The summed E-state index contributed by atoms with van der Waals surface area (Å²) >= 11 is 10.1. The van der Waals surface area contributed by atoms with Crippen LogP contribution < -0.4 is 32.3 Å². The number of carbonyl (C=O) groups is 6. The van der Waals surface area contributed by atoms with Gasteiger partial charge in [0.1, 0.15) is 31.9 Å². The molecule has 0 saturated carbocycles. The maximum atomic E-state index is 11.3. The van der Waals surface area contributed by atoms with E-state index in [2.05, 4.69) is 48.2 Å². The van der Waals surface area contributed by atoms with Gasteiger partial charge in [0.2, 0.25) is 39.9 Å². The number of hydrogen-bond acceptors (Lipinski definition) is 21. The van der Waals surface area contributed by atoms with Gasteiger partial charge in [-0.3, -0.25) is 59.1 Å². The summed E-state index contributed by atoms with van der Waals surface area (Å²) in [6.45, 7) is 14.1. The van der Waals surface area contributed by atoms with Crippen molar-refractivity contribution in [1.82, 2.24) is 36.4 Å². The molecule has 12 N–H and O–H groups in total. The molecule has 1 heterocycles. The SMILES string of the molecule is CC(=O)Cl.CC(=O)NC1c2cc(N)ccc2CC1O.CC(=O)NC1c2cc(N=C(C)N(C)C)ccc2CC1O.CC(=O)NC1c2cc(N=C(C)N(C)C)ccc2CC1O.CC(=O)NC1c2cc([N+](=O)[O-])ccc2CC1O.CC(=O)NC1c2cc([N+](=O)[O-])ccc2CC1O.CC(Cl)=[N+](C)C.O=[N+]([O-])c1ccc2c(c1)C1OC1C2.[Ac].[Ac].[Ac]. The van der Waals surface area contributed by atoms with Crippen LogP contribution in [0.1, 0.15) is 165 Å². The van der Waals surface area contributed by atoms with Gasteiger partial charge in [-0.2, -0.15) is 0 Å². The Kier molecular flexibility index (Phi) is 42.4. The van der Waals surface area contributed by atoms with Crippen LogP contribution in [0, 0.1) is 163 Å². The molecule has 1 aliphatic heterocycles. The van der Waals surface area contributed by atoms with Crippen molar-refractivity contribution in [2.24, 2.45) is 9.98 Å². The molecule has 1 fully saturated rings. The number of amides is 5. The van der Waals surface area contributed by atoms with Crippen molar-refractivity contribution in [3.8, 4) is 0 Å². The summed E-state index contributed by atoms with van der Waals surface area (Å²) in [5.74, 6) is 0.843. The molecule has 6 aromatic rings. The van der Waals surface area contributed by atoms with Crippen molar-refractivity contribution in [3.05, 3.63) is 206 Å². The second-order valence-corrected chi connectivity index (χ2v) is 29.2. The number of non-ortho nitro benzene ring substituents is 3. The molecule has 3 radical (unpaired) electrons. The first-order chi connectivity index (χ1) is 52.4. The number of ether oxygens (including phenoxy) is 1. The fraction of sp³-hybridized carbons (Fsp3) is 0.423. The predicted molar refractivity (Wildman–Crippen MR) is 424 cm³/mol. The van der Waals surface area contributed by atoms with Crippen LogP contribution in [0.4, 0.5) is 34.1 Å². The molecule has 611 valence electrons. The number of rotatable bonds is 10. The molecule has 12 unspecified atom stereocenters. The Hall–Kier alpha value is -6.39. The summed E-state index contributed by atoms with van der Waals surface area (Å²) < 4.78 is 7.14. The number of benzene rings is 6. The zero-order chi connectivity index (χ0) is 83.6. The third-order valence-electron chi connectivity index (χ3n) is 18.8. The molecule has 0 spiro atoms. The summed E-state index contributed by atoms with van der Waals surface area (Å²) in [6, 6.07) is 29.0. The summed E-state index contributed by atoms with van der Waals surface area (Å²) in [6.07, 6.45) is 0.735. The third-order valence-corrected chi connectivity index (χ3v) is 19.1. The number of epoxide rings is 1. The number of nitrogen functional groups attached to an aromatic ring is 1. The van der Waals surface area contributed by atoms with E-state index >= 15 is 0 Å². The Labute approximate surface area is 784 Å². The number of aliphatic imine (C=N–C) groups is 2. The minimum absolute atomic E-state index is 0. The fourth-order valence-electron chi connectivity index (χ4n) is 12.9. The van der Waals surface area contributed by atoms with Gasteiger partial charge in [-0.1, -0.05) is 36.4 Å². The molecule has 0 bridgehead atoms. The monoisotopic (exact) mass is 2270 g/mol. The van der Waals surface area contributed by atoms with E-state index in [1.165, 1.54) is 71.4 Å². The number of hydrogen-bond donors (Lipinski definition) is 11. The summed E-state index contributed by atoms with van der Waals surface area (Å²) in [5.41, 5.74) is 19.3. The Bertz CT molecular complexity index is 4400. The maximum Gasteiger partial charge on any atom is 0.269 e. The van der Waals surface area contributed by atoms with Crippen LogP contribution in [0.2, 0.25) is 0 Å². The number of nitro groups is 3. The molecule has 7 aliphatic rings. The average molecular weight is 2270 g/mol. The number of aliphatic hydroxyl groups excluding tert-OH is 5. The molecule has 37 heteroatoms. The molecule has 32 nitrogen and oxygen atoms in total. The smallest absolute Gasteiger partial charge is 0.269 e. The van der Waals surface area contributed by atoms with Crippen LogP contribution >= 0.6 is 23.2 Å². The fourth-order valence-corrected chi connectivity index (χ4v) is 12.9. The van der Waals surface area contributed by atoms with Crippen molar-refractivity contribution >= 4 is 109 Å². The van der Waals surface area contributed by atoms with E-state index in [1.807, 2.05) is 138 Å². The number of aliphatic hydroxyl groups is 5. The second-order valence-electron chi connectivity index (χ2n) is 28.2. The molecule has 1 saturated heterocycles. The van der Waals surface area contributed by atoms with Crippen molar-refractivity contribution in [1.29, 1.82) is 0 Å². The number of nitro benzene ring substituents is 3. The molecule has 5 amide bonds. The number of amidine groups is 2. The van der Waals surface area contributed by atoms with Gasteiger partial charge in [0.05, 0.1) is 93.0 Å². The second kappa shape index (κ2) is 47.4. The number of carbonyl (C=O) groups excluding carboxylic acids is 6. The van der Waals surface area contributed by atoms with Gasteiger partial charge in [-0.05, 0) is 140 Å². The van der Waals surface area contributed by atoms with Gasteiger partial charge < -0.3 is 72.4 Å². The number of nitrogens with one attached hydrogen (secondary N) is 5. The molecular weight excluding hydrogens is 2170 g/mol. The van der Waals surface area contributed by atoms with E-state index in [0.717, 1.165) is 84.7 Å². The number of fused-ring (bicyclic) bond motifs is 8. The molecule has 12 atom stereocenters. The van der Waals surface area contributed by atoms with E-state index < -0.39 is 52.5 Å². The Morgan fingerprint density at radius 3 is 0.904 bits per heavy atom. The minimum atomic E-state index is -0.726. The van der Waals surface area contributed by atoms with Crippen LogP contribution in [0.15, 0.2) is 119 Å². The Morgan fingerprint density at radius 2 is 0.652 bits per heavy atom. The van der Waals surface area contributed by atoms with Gasteiger partial charge in [0, 0.05) is 289 Å². The van der Waals surface area contributed by atoms with Crippen molar-refractivity contribution in [3.63, 3.8) is 0 Å². The standard InChI is InChI=1S/2C15H21N3O2.2C11H12N2O4.C11H14N2O2.C9H7NO3.C4H9ClN.C2H3ClO.3Ac/c2*1-9(18(3)4)16-12-6-5-11-7-14(20)15(13(11)8-12)17-10(2)19;2*1-6(14)12-11-9-5-8(13(16)17)3-2-7(9)4-10(11)15;1-6(14)13-11-9-5-8(12)3-2-7(9)4-10(11)15;11-10(12)6-2-1-5-3-8-9(13-8)7(5)4-6;1-4(5)6(2)3;1-2(3)4;;;/h2*5-6,8,14-15,20H,7H2,1-4H3,(H,17,19);2*2-3,5,10-11,15H,4H2,1H3,(H,12,14);2-3,5,10-11,15H,4,12H2,1H3,(H,13,14);1-2,4,8-9H,3H2;1-3H3;1H3;;;/q;;;;;;+1;;;;. The van der Waals surface area contributed by atoms with Crippen LogP contribution in [0.3, 0.4) is 0 Å². The molecule has 6 aliphatic carbocycles. The summed E-state index contributed by atoms with van der Waals surface area (Å²) in [5, 5.41) is 95.3. The van der Waals surface area contributed by atoms with Crippen molar-refractivity contribution in [2.45, 2.75) is 174 Å². The van der Waals surface area contributed by atoms with E-state index in [9.17, 15) is 84.6 Å². The molecule has 13 rings (SSSR count). The zero-order valence-electron chi connectivity index (χ0n) is 66.7. The van der Waals surface area contributed by atoms with Gasteiger partial charge in [0.25, 0.3) is 17.1 Å². The number of nitrogens with zero attached hydrogens (tertiary/aromatic N) is 8. The zero-order valence-corrected chi connectivity index (χ0v) is 82.5. The summed E-state index contributed by atoms with van der Waals surface area (Å²) in [7, 11) is 11.6. The Balaban J connectivity index is 0.000000348. The number of nitrogens with two attached hydrogens (primary N) is 1. The van der Waals surface area contributed by atoms with E-state index in [4.69, 9.17) is 22.1 Å². The first-order valence-corrected chi connectivity index (χ1v) is 36.3. The molecule has 6 aromatic carbocycles. The first kappa shape index (κ1) is 103. The van der Waals surface area contributed by atoms with Gasteiger partial charge >= 0.3 is 0 Å². The normalized spacial score (nSPS) is 20.9. The van der Waals surface area contributed by atoms with Crippen LogP contribution in [0.25, 0.3) is 0 Å². The van der Waals surface area contributed by atoms with Crippen LogP contribution in [0.5, 0.6) is 0 Å². The first-order valence-electron chi connectivity index (χ1n) is 35.6. The minimum Gasteiger partial charge on any atom is -0.399 e. The van der Waals surface area contributed by atoms with Gasteiger partial charge in [-0.25, -0.2) is 14.6 Å². The average Bonchev–Trinajstić information content (AvgIpc) is 1.59. The van der Waals surface area contributed by atoms with Crippen molar-refractivity contribution < 1.29 is 211 Å². The van der Waals surface area contributed by atoms with E-state index in [-0.39, 0.29) is 213 Å². The van der Waals surface area contributed by atoms with E-state index in [0.29, 0.717) is 55.0 Å². The largest absolute Gasteiger partial charge is 0.399 e. The van der Waals surface area contributed by atoms with E-state index in [1.54, 1.807) is 24.3 Å². The number of halogens is 2. The van der Waals surface area contributed by atoms with Gasteiger partial charge in [0.15, 0.2) is 0 Å². The van der Waals surface area contributed by atoms with Crippen molar-refractivity contribution in [2.75, 3.05) is 48.0 Å². The summed E-state index contributed by atoms with van der Waals surface area (Å²) in [4.78, 5) is 108. The van der Waals surface area contributed by atoms with Crippen LogP contribution in [-0.4, -0.2) is 185 Å². The molecule has 115 heavy (non-hydrogen) atoms. The van der Waals surface area contributed by atoms with Crippen LogP contribution in [-0.2, 0) is 72.0 Å². The number of anilines is 1. The topological polar surface area (TPSA) is 466 Å². The molecule has 0 aromatic heterocycles. The maximum absolute atomic E-state index is 11.3. The van der Waals surface area contributed by atoms with Gasteiger partial charge in [-0.15, -0.1) is 0 Å². The molecular formula is C78H99Ac3Cl2N14O18+. The Morgan fingerprint density at radius 1 is 0.417 bits per heavy atom. The quantitative estimate of drug-likeness (QED) is 0.00910. The third kappa shape index (κ3) is 30.7.